The van der Waals surface area contributed by atoms with Crippen molar-refractivity contribution in [3.05, 3.63) is 29.3 Å². The SMILES string of the molecule is CCOC(=O)[C@@H]1[C@H]2C(=O)N(CCCO)[C@H](C(=O)Nc3ccc(Cl)cc3)[C@]23CC[C@H]1O3. The van der Waals surface area contributed by atoms with E-state index in [1.54, 1.807) is 31.2 Å². The highest BCUT2D eigenvalue weighted by Gasteiger charge is 2.74. The maximum Gasteiger partial charge on any atom is 0.312 e. The van der Waals surface area contributed by atoms with Gasteiger partial charge in [-0.25, -0.2) is 0 Å². The molecule has 1 spiro atoms. The highest BCUT2D eigenvalue weighted by Crippen LogP contribution is 2.58. The number of esters is 1. The van der Waals surface area contributed by atoms with E-state index in [0.29, 0.717) is 30.0 Å². The minimum atomic E-state index is -1.06. The fourth-order valence-electron chi connectivity index (χ4n) is 5.19. The number of nitrogens with zero attached hydrogens (tertiary/aromatic N) is 1. The van der Waals surface area contributed by atoms with Crippen molar-refractivity contribution in [1.82, 2.24) is 4.90 Å². The van der Waals surface area contributed by atoms with Gasteiger partial charge in [0.25, 0.3) is 0 Å². The first kappa shape index (κ1) is 21.1. The van der Waals surface area contributed by atoms with Gasteiger partial charge in [0, 0.05) is 23.9 Å². The van der Waals surface area contributed by atoms with E-state index < -0.39 is 35.6 Å². The summed E-state index contributed by atoms with van der Waals surface area (Å²) in [5.41, 5.74) is -0.515. The van der Waals surface area contributed by atoms with E-state index in [1.165, 1.54) is 4.90 Å². The number of carbonyl (C=O) groups excluding carboxylic acids is 3. The molecule has 0 aromatic heterocycles. The number of aliphatic hydroxyl groups excluding tert-OH is 1. The zero-order valence-electron chi connectivity index (χ0n) is 16.7. The first-order valence-corrected chi connectivity index (χ1v) is 10.6. The molecule has 3 aliphatic heterocycles. The van der Waals surface area contributed by atoms with Crippen LogP contribution in [0.1, 0.15) is 26.2 Å². The van der Waals surface area contributed by atoms with Crippen LogP contribution >= 0.6 is 11.6 Å². The number of likely N-dealkylation sites (tertiary alicyclic amines) is 1. The molecule has 3 heterocycles. The molecule has 0 radical (unpaired) electrons. The number of rotatable bonds is 7. The Morgan fingerprint density at radius 3 is 2.77 bits per heavy atom. The summed E-state index contributed by atoms with van der Waals surface area (Å²) in [7, 11) is 0. The number of aliphatic hydroxyl groups is 1. The molecule has 3 saturated heterocycles. The highest BCUT2D eigenvalue weighted by atomic mass is 35.5. The monoisotopic (exact) mass is 436 g/mol. The summed E-state index contributed by atoms with van der Waals surface area (Å²) < 4.78 is 11.4. The van der Waals surface area contributed by atoms with Crippen LogP contribution in [0.4, 0.5) is 5.69 Å². The molecule has 4 rings (SSSR count). The van der Waals surface area contributed by atoms with Gasteiger partial charge in [-0.05, 0) is 50.5 Å². The number of fused-ring (bicyclic) bond motifs is 1. The van der Waals surface area contributed by atoms with Crippen LogP contribution in [0.3, 0.4) is 0 Å². The molecule has 30 heavy (non-hydrogen) atoms. The average Bonchev–Trinajstić information content (AvgIpc) is 3.35. The number of ether oxygens (including phenoxy) is 2. The summed E-state index contributed by atoms with van der Waals surface area (Å²) in [5.74, 6) is -2.59. The van der Waals surface area contributed by atoms with Gasteiger partial charge in [-0.2, -0.15) is 0 Å². The molecule has 1 aromatic carbocycles. The fourth-order valence-corrected chi connectivity index (χ4v) is 5.31. The number of nitrogens with one attached hydrogen (secondary N) is 1. The van der Waals surface area contributed by atoms with Crippen LogP contribution in [0, 0.1) is 11.8 Å². The minimum Gasteiger partial charge on any atom is -0.466 e. The Hall–Kier alpha value is -2.16. The Kier molecular flexibility index (Phi) is 5.74. The van der Waals surface area contributed by atoms with Crippen LogP contribution in [0.15, 0.2) is 24.3 Å². The normalized spacial score (nSPS) is 31.7. The van der Waals surface area contributed by atoms with E-state index in [-0.39, 0.29) is 31.6 Å². The van der Waals surface area contributed by atoms with E-state index in [2.05, 4.69) is 5.32 Å². The minimum absolute atomic E-state index is 0.113. The fraction of sp³-hybridized carbons (Fsp3) is 0.571. The molecular weight excluding hydrogens is 412 g/mol. The van der Waals surface area contributed by atoms with Crippen molar-refractivity contribution in [3.8, 4) is 0 Å². The molecule has 0 unspecified atom stereocenters. The van der Waals surface area contributed by atoms with E-state index >= 15 is 0 Å². The summed E-state index contributed by atoms with van der Waals surface area (Å²) >= 11 is 5.92. The Bertz CT molecular complexity index is 846. The summed E-state index contributed by atoms with van der Waals surface area (Å²) in [6, 6.07) is 5.80. The maximum absolute atomic E-state index is 13.4. The van der Waals surface area contributed by atoms with E-state index in [0.717, 1.165) is 0 Å². The molecule has 0 aliphatic carbocycles. The number of amides is 2. The van der Waals surface area contributed by atoms with Crippen molar-refractivity contribution >= 4 is 35.1 Å². The lowest BCUT2D eigenvalue weighted by Crippen LogP contribution is -2.53. The van der Waals surface area contributed by atoms with Crippen LogP contribution in [-0.2, 0) is 23.9 Å². The molecule has 3 fully saturated rings. The Balaban J connectivity index is 1.66. The van der Waals surface area contributed by atoms with Gasteiger partial charge in [0.1, 0.15) is 11.6 Å². The van der Waals surface area contributed by atoms with Gasteiger partial charge < -0.3 is 24.8 Å². The van der Waals surface area contributed by atoms with E-state index in [1.807, 2.05) is 0 Å². The van der Waals surface area contributed by atoms with Crippen LogP contribution in [-0.4, -0.2) is 65.3 Å². The van der Waals surface area contributed by atoms with Crippen molar-refractivity contribution < 1.29 is 29.0 Å². The Morgan fingerprint density at radius 2 is 2.10 bits per heavy atom. The smallest absolute Gasteiger partial charge is 0.312 e. The number of hydrogen-bond acceptors (Lipinski definition) is 6. The van der Waals surface area contributed by atoms with Crippen LogP contribution in [0.5, 0.6) is 0 Å². The first-order chi connectivity index (χ1) is 14.4. The van der Waals surface area contributed by atoms with Gasteiger partial charge >= 0.3 is 5.97 Å². The van der Waals surface area contributed by atoms with E-state index in [9.17, 15) is 19.5 Å². The molecule has 8 nitrogen and oxygen atoms in total. The standard InChI is InChI=1S/C21H25ClN2O6/c1-2-29-20(28)15-14-8-9-21(30-14)16(15)19(27)24(10-3-11-25)17(21)18(26)23-13-6-4-12(22)5-7-13/h4-7,14-17,25H,2-3,8-11H2,1H3,(H,23,26)/t14-,15+,16+,17-,21+/m1/s1. The molecule has 2 bridgehead atoms. The largest absolute Gasteiger partial charge is 0.466 e. The van der Waals surface area contributed by atoms with Crippen molar-refractivity contribution in [3.63, 3.8) is 0 Å². The summed E-state index contributed by atoms with van der Waals surface area (Å²) in [6.07, 6.45) is 1.00. The van der Waals surface area contributed by atoms with Crippen molar-refractivity contribution in [2.45, 2.75) is 43.9 Å². The molecule has 2 amide bonds. The Morgan fingerprint density at radius 1 is 1.37 bits per heavy atom. The molecule has 2 N–H and O–H groups in total. The predicted octanol–water partition coefficient (Wildman–Crippen LogP) is 1.60. The molecule has 3 aliphatic rings. The van der Waals surface area contributed by atoms with E-state index in [4.69, 9.17) is 21.1 Å². The second kappa shape index (κ2) is 8.17. The summed E-state index contributed by atoms with van der Waals surface area (Å²) in [6.45, 7) is 2.02. The van der Waals surface area contributed by atoms with Crippen molar-refractivity contribution in [1.29, 1.82) is 0 Å². The molecule has 1 aromatic rings. The van der Waals surface area contributed by atoms with Gasteiger partial charge in [0.05, 0.1) is 24.5 Å². The molecule has 0 saturated carbocycles. The maximum atomic E-state index is 13.4. The zero-order valence-corrected chi connectivity index (χ0v) is 17.4. The van der Waals surface area contributed by atoms with Crippen LogP contribution in [0.25, 0.3) is 0 Å². The number of anilines is 1. The third kappa shape index (κ3) is 3.27. The number of benzene rings is 1. The molecular formula is C21H25ClN2O6. The van der Waals surface area contributed by atoms with Crippen molar-refractivity contribution in [2.24, 2.45) is 11.8 Å². The third-order valence-corrected chi connectivity index (χ3v) is 6.53. The molecule has 5 atom stereocenters. The van der Waals surface area contributed by atoms with Gasteiger partial charge in [0.2, 0.25) is 11.8 Å². The zero-order chi connectivity index (χ0) is 21.5. The molecule has 9 heteroatoms. The number of halogens is 1. The lowest BCUT2D eigenvalue weighted by molar-refractivity contribution is -0.154. The summed E-state index contributed by atoms with van der Waals surface area (Å²) in [5, 5.41) is 12.7. The first-order valence-electron chi connectivity index (χ1n) is 10.2. The number of carbonyl (C=O) groups is 3. The third-order valence-electron chi connectivity index (χ3n) is 6.28. The summed E-state index contributed by atoms with van der Waals surface area (Å²) in [4.78, 5) is 40.8. The highest BCUT2D eigenvalue weighted by molar-refractivity contribution is 6.30. The van der Waals surface area contributed by atoms with Gasteiger partial charge in [-0.1, -0.05) is 11.6 Å². The van der Waals surface area contributed by atoms with Crippen LogP contribution < -0.4 is 5.32 Å². The lowest BCUT2D eigenvalue weighted by atomic mass is 9.71. The van der Waals surface area contributed by atoms with Crippen molar-refractivity contribution in [2.75, 3.05) is 25.1 Å². The quantitative estimate of drug-likeness (QED) is 0.629. The van der Waals surface area contributed by atoms with Gasteiger partial charge in [-0.3, -0.25) is 14.4 Å². The second-order valence-corrected chi connectivity index (χ2v) is 8.35. The topological polar surface area (TPSA) is 105 Å². The lowest BCUT2D eigenvalue weighted by Gasteiger charge is -2.33. The second-order valence-electron chi connectivity index (χ2n) is 7.91. The predicted molar refractivity (Wildman–Crippen MR) is 108 cm³/mol. The Labute approximate surface area is 179 Å². The number of hydrogen-bond donors (Lipinski definition) is 2. The van der Waals surface area contributed by atoms with Gasteiger partial charge in [-0.15, -0.1) is 0 Å². The van der Waals surface area contributed by atoms with Gasteiger partial charge in [0.15, 0.2) is 0 Å². The molecule has 162 valence electrons. The van der Waals surface area contributed by atoms with Crippen LogP contribution in [0.2, 0.25) is 5.02 Å². The average molecular weight is 437 g/mol.